The first-order valence-electron chi connectivity index (χ1n) is 9.14. The van der Waals surface area contributed by atoms with Crippen molar-refractivity contribution in [2.24, 2.45) is 5.92 Å². The molecule has 2 N–H and O–H groups in total. The molecule has 1 fully saturated rings. The molecule has 0 amide bonds. The topological polar surface area (TPSA) is 49.8 Å². The smallest absolute Gasteiger partial charge is 0.161 e. The highest BCUT2D eigenvalue weighted by Crippen LogP contribution is 2.20. The van der Waals surface area contributed by atoms with Crippen LogP contribution in [0.4, 0.5) is 5.82 Å². The van der Waals surface area contributed by atoms with E-state index in [1.54, 1.807) is 0 Å². The fourth-order valence-corrected chi connectivity index (χ4v) is 3.15. The highest BCUT2D eigenvalue weighted by Gasteiger charge is 2.13. The van der Waals surface area contributed by atoms with Gasteiger partial charge in [0.25, 0.3) is 0 Å². The molecule has 1 aromatic heterocycles. The normalized spacial score (nSPS) is 17.7. The molecule has 4 heteroatoms. The third-order valence-corrected chi connectivity index (χ3v) is 4.57. The van der Waals surface area contributed by atoms with Crippen LogP contribution in [0, 0.1) is 12.8 Å². The molecular formula is C20H28N4. The van der Waals surface area contributed by atoms with Crippen molar-refractivity contribution in [3.8, 4) is 11.4 Å². The van der Waals surface area contributed by atoms with Gasteiger partial charge in [-0.3, -0.25) is 0 Å². The van der Waals surface area contributed by atoms with Crippen molar-refractivity contribution in [3.05, 3.63) is 41.6 Å². The number of rotatable bonds is 6. The fraction of sp³-hybridized carbons (Fsp3) is 0.500. The zero-order valence-electron chi connectivity index (χ0n) is 14.8. The van der Waals surface area contributed by atoms with Crippen LogP contribution in [0.15, 0.2) is 30.3 Å². The van der Waals surface area contributed by atoms with E-state index < -0.39 is 0 Å². The molecule has 3 rings (SSSR count). The number of benzene rings is 1. The maximum Gasteiger partial charge on any atom is 0.161 e. The minimum absolute atomic E-state index is 0.686. The molecule has 4 nitrogen and oxygen atoms in total. The van der Waals surface area contributed by atoms with Crippen molar-refractivity contribution in [2.45, 2.75) is 39.5 Å². The number of nitrogens with one attached hydrogen (secondary N) is 2. The largest absolute Gasteiger partial charge is 0.370 e. The molecule has 1 aromatic carbocycles. The average molecular weight is 324 g/mol. The summed E-state index contributed by atoms with van der Waals surface area (Å²) < 4.78 is 0. The Hall–Kier alpha value is -1.94. The lowest BCUT2D eigenvalue weighted by atomic mass is 10.00. The van der Waals surface area contributed by atoms with Gasteiger partial charge in [0.15, 0.2) is 5.82 Å². The molecule has 1 atom stereocenters. The van der Waals surface area contributed by atoms with Crippen molar-refractivity contribution in [1.82, 2.24) is 15.3 Å². The highest BCUT2D eigenvalue weighted by atomic mass is 15.0. The van der Waals surface area contributed by atoms with Gasteiger partial charge in [-0.05, 0) is 45.2 Å². The molecule has 2 aromatic rings. The Kier molecular flexibility index (Phi) is 5.81. The van der Waals surface area contributed by atoms with Gasteiger partial charge in [-0.2, -0.15) is 0 Å². The van der Waals surface area contributed by atoms with Crippen molar-refractivity contribution in [3.63, 3.8) is 0 Å². The van der Waals surface area contributed by atoms with Gasteiger partial charge in [0.05, 0.1) is 0 Å². The quantitative estimate of drug-likeness (QED) is 0.848. The Morgan fingerprint density at radius 2 is 2.04 bits per heavy atom. The molecule has 0 aliphatic carbocycles. The van der Waals surface area contributed by atoms with Gasteiger partial charge in [0.2, 0.25) is 0 Å². The first kappa shape index (κ1) is 16.9. The van der Waals surface area contributed by atoms with Gasteiger partial charge < -0.3 is 10.6 Å². The lowest BCUT2D eigenvalue weighted by molar-refractivity contribution is 0.392. The molecule has 0 spiro atoms. The van der Waals surface area contributed by atoms with E-state index in [9.17, 15) is 0 Å². The Balaban J connectivity index is 1.78. The molecule has 1 saturated heterocycles. The molecule has 0 saturated carbocycles. The number of aromatic nitrogens is 2. The Morgan fingerprint density at radius 3 is 2.75 bits per heavy atom. The third kappa shape index (κ3) is 4.54. The van der Waals surface area contributed by atoms with E-state index in [2.05, 4.69) is 54.8 Å². The Bertz CT molecular complexity index is 645. The van der Waals surface area contributed by atoms with Crippen molar-refractivity contribution in [2.75, 3.05) is 25.0 Å². The van der Waals surface area contributed by atoms with Gasteiger partial charge in [0.1, 0.15) is 5.82 Å². The Labute approximate surface area is 145 Å². The molecule has 128 valence electrons. The van der Waals surface area contributed by atoms with Crippen LogP contribution >= 0.6 is 0 Å². The summed E-state index contributed by atoms with van der Waals surface area (Å²) in [5.41, 5.74) is 3.46. The summed E-state index contributed by atoms with van der Waals surface area (Å²) in [4.78, 5) is 9.51. The molecule has 0 bridgehead atoms. The van der Waals surface area contributed by atoms with Crippen molar-refractivity contribution < 1.29 is 0 Å². The van der Waals surface area contributed by atoms with Crippen LogP contribution in [0.2, 0.25) is 0 Å². The predicted octanol–water partition coefficient (Wildman–Crippen LogP) is 3.82. The summed E-state index contributed by atoms with van der Waals surface area (Å²) in [6.45, 7) is 7.52. The standard InChI is InChI=1S/C20H28N4/c1-3-5-18-12-19(22-14-16-6-4-11-21-13-16)24-20(23-18)17-9-7-15(2)8-10-17/h7-10,12,16,21H,3-6,11,13-14H2,1-2H3,(H,22,23,24). The maximum absolute atomic E-state index is 4.76. The maximum atomic E-state index is 4.76. The molecule has 1 aliphatic rings. The van der Waals surface area contributed by atoms with Crippen LogP contribution in [0.5, 0.6) is 0 Å². The molecule has 2 heterocycles. The summed E-state index contributed by atoms with van der Waals surface area (Å²) in [5.74, 6) is 2.46. The van der Waals surface area contributed by atoms with E-state index in [0.717, 1.165) is 55.4 Å². The molecule has 1 unspecified atom stereocenters. The number of aryl methyl sites for hydroxylation is 2. The minimum atomic E-state index is 0.686. The second kappa shape index (κ2) is 8.25. The SMILES string of the molecule is CCCc1cc(NCC2CCCNC2)nc(-c2ccc(C)cc2)n1. The fourth-order valence-electron chi connectivity index (χ4n) is 3.15. The van der Waals surface area contributed by atoms with E-state index in [0.29, 0.717) is 5.92 Å². The molecule has 0 radical (unpaired) electrons. The second-order valence-corrected chi connectivity index (χ2v) is 6.78. The summed E-state index contributed by atoms with van der Waals surface area (Å²) in [6, 6.07) is 10.6. The van der Waals surface area contributed by atoms with Crippen molar-refractivity contribution in [1.29, 1.82) is 0 Å². The monoisotopic (exact) mass is 324 g/mol. The van der Waals surface area contributed by atoms with Gasteiger partial charge >= 0.3 is 0 Å². The summed E-state index contributed by atoms with van der Waals surface area (Å²) in [7, 11) is 0. The number of anilines is 1. The first-order valence-corrected chi connectivity index (χ1v) is 9.14. The van der Waals surface area contributed by atoms with Crippen LogP contribution in [-0.4, -0.2) is 29.6 Å². The lowest BCUT2D eigenvalue weighted by Crippen LogP contribution is -2.33. The van der Waals surface area contributed by atoms with Gasteiger partial charge in [0, 0.05) is 23.9 Å². The van der Waals surface area contributed by atoms with E-state index in [1.807, 2.05) is 0 Å². The summed E-state index contributed by atoms with van der Waals surface area (Å²) in [5, 5.41) is 7.02. The molecule has 1 aliphatic heterocycles. The van der Waals surface area contributed by atoms with Gasteiger partial charge in [-0.1, -0.05) is 43.2 Å². The van der Waals surface area contributed by atoms with E-state index >= 15 is 0 Å². The van der Waals surface area contributed by atoms with Crippen LogP contribution < -0.4 is 10.6 Å². The van der Waals surface area contributed by atoms with E-state index in [4.69, 9.17) is 9.97 Å². The minimum Gasteiger partial charge on any atom is -0.370 e. The molecule has 24 heavy (non-hydrogen) atoms. The number of piperidine rings is 1. The van der Waals surface area contributed by atoms with Crippen LogP contribution in [-0.2, 0) is 6.42 Å². The summed E-state index contributed by atoms with van der Waals surface area (Å²) >= 11 is 0. The van der Waals surface area contributed by atoms with Gasteiger partial charge in [-0.15, -0.1) is 0 Å². The zero-order valence-corrected chi connectivity index (χ0v) is 14.8. The van der Waals surface area contributed by atoms with E-state index in [-0.39, 0.29) is 0 Å². The number of nitrogens with zero attached hydrogens (tertiary/aromatic N) is 2. The van der Waals surface area contributed by atoms with Crippen LogP contribution in [0.3, 0.4) is 0 Å². The lowest BCUT2D eigenvalue weighted by Gasteiger charge is -2.23. The summed E-state index contributed by atoms with van der Waals surface area (Å²) in [6.07, 6.45) is 4.64. The third-order valence-electron chi connectivity index (χ3n) is 4.57. The first-order chi connectivity index (χ1) is 11.7. The highest BCUT2D eigenvalue weighted by molar-refractivity contribution is 5.58. The average Bonchev–Trinajstić information content (AvgIpc) is 2.62. The second-order valence-electron chi connectivity index (χ2n) is 6.78. The number of hydrogen-bond acceptors (Lipinski definition) is 4. The van der Waals surface area contributed by atoms with E-state index in [1.165, 1.54) is 18.4 Å². The van der Waals surface area contributed by atoms with Crippen molar-refractivity contribution >= 4 is 5.82 Å². The number of hydrogen-bond donors (Lipinski definition) is 2. The van der Waals surface area contributed by atoms with Crippen LogP contribution in [0.25, 0.3) is 11.4 Å². The van der Waals surface area contributed by atoms with Crippen LogP contribution in [0.1, 0.15) is 37.4 Å². The molecular weight excluding hydrogens is 296 g/mol. The Morgan fingerprint density at radius 1 is 1.21 bits per heavy atom. The van der Waals surface area contributed by atoms with Gasteiger partial charge in [-0.25, -0.2) is 9.97 Å². The zero-order chi connectivity index (χ0) is 16.8. The predicted molar refractivity (Wildman–Crippen MR) is 100 cm³/mol.